The summed E-state index contributed by atoms with van der Waals surface area (Å²) in [5.41, 5.74) is 0.924. The summed E-state index contributed by atoms with van der Waals surface area (Å²) in [7, 11) is 0. The van der Waals surface area contributed by atoms with E-state index in [1.807, 2.05) is 23.9 Å². The number of halogens is 1. The third-order valence-electron chi connectivity index (χ3n) is 2.52. The van der Waals surface area contributed by atoms with Crippen molar-refractivity contribution < 1.29 is 14.6 Å². The predicted octanol–water partition coefficient (Wildman–Crippen LogP) is 2.85. The molecule has 0 radical (unpaired) electrons. The first-order valence-electron chi connectivity index (χ1n) is 5.40. The number of benzene rings is 1. The summed E-state index contributed by atoms with van der Waals surface area (Å²) >= 11 is 7.94. The van der Waals surface area contributed by atoms with Gasteiger partial charge in [0.05, 0.1) is 5.02 Å². The van der Waals surface area contributed by atoms with Crippen LogP contribution in [-0.4, -0.2) is 28.7 Å². The van der Waals surface area contributed by atoms with Gasteiger partial charge in [-0.25, -0.2) is 0 Å². The second-order valence-electron chi connectivity index (χ2n) is 3.94. The van der Waals surface area contributed by atoms with Crippen LogP contribution in [0.2, 0.25) is 5.02 Å². The van der Waals surface area contributed by atoms with E-state index in [-0.39, 0.29) is 12.5 Å². The van der Waals surface area contributed by atoms with Crippen LogP contribution in [0.5, 0.6) is 5.75 Å². The van der Waals surface area contributed by atoms with Crippen molar-refractivity contribution in [1.29, 1.82) is 0 Å². The third kappa shape index (κ3) is 3.54. The zero-order valence-corrected chi connectivity index (χ0v) is 10.8. The lowest BCUT2D eigenvalue weighted by Crippen LogP contribution is -2.31. The molecule has 1 fully saturated rings. The van der Waals surface area contributed by atoms with Crippen LogP contribution in [0.4, 0.5) is 0 Å². The number of hydrogen-bond acceptors (Lipinski definition) is 3. The van der Waals surface area contributed by atoms with E-state index in [9.17, 15) is 4.79 Å². The van der Waals surface area contributed by atoms with Crippen molar-refractivity contribution in [2.75, 3.05) is 11.5 Å². The molecule has 1 saturated heterocycles. The number of carboxylic acid groups (broad SMARTS) is 1. The molecule has 0 bridgehead atoms. The molecule has 0 atom stereocenters. The molecule has 0 aromatic heterocycles. The fourth-order valence-electron chi connectivity index (χ4n) is 1.51. The molecule has 1 aliphatic heterocycles. The summed E-state index contributed by atoms with van der Waals surface area (Å²) in [6.45, 7) is 0. The van der Waals surface area contributed by atoms with E-state index in [2.05, 4.69) is 0 Å². The number of ether oxygens (including phenoxy) is 1. The molecule has 0 spiro atoms. The quantitative estimate of drug-likeness (QED) is 0.895. The van der Waals surface area contributed by atoms with Crippen LogP contribution >= 0.6 is 23.4 Å². The van der Waals surface area contributed by atoms with E-state index >= 15 is 0 Å². The van der Waals surface area contributed by atoms with Gasteiger partial charge in [-0.1, -0.05) is 17.7 Å². The molecule has 17 heavy (non-hydrogen) atoms. The minimum Gasteiger partial charge on any atom is -0.487 e. The number of aryl methyl sites for hydroxylation is 1. The van der Waals surface area contributed by atoms with Crippen molar-refractivity contribution in [2.45, 2.75) is 18.9 Å². The van der Waals surface area contributed by atoms with Crippen LogP contribution in [0, 0.1) is 0 Å². The molecule has 0 unspecified atom stereocenters. The van der Waals surface area contributed by atoms with E-state index in [0.717, 1.165) is 17.1 Å². The minimum absolute atomic E-state index is 0.121. The minimum atomic E-state index is -0.798. The van der Waals surface area contributed by atoms with E-state index in [4.69, 9.17) is 21.4 Å². The predicted molar refractivity (Wildman–Crippen MR) is 69.1 cm³/mol. The molecule has 2 rings (SSSR count). The lowest BCUT2D eigenvalue weighted by Gasteiger charge is -2.26. The van der Waals surface area contributed by atoms with Crippen molar-refractivity contribution in [3.8, 4) is 5.75 Å². The van der Waals surface area contributed by atoms with Crippen molar-refractivity contribution in [1.82, 2.24) is 0 Å². The fourth-order valence-corrected chi connectivity index (χ4v) is 2.32. The number of hydrogen-bond donors (Lipinski definition) is 1. The van der Waals surface area contributed by atoms with Crippen LogP contribution in [0.1, 0.15) is 12.0 Å². The molecule has 1 aliphatic rings. The lowest BCUT2D eigenvalue weighted by molar-refractivity contribution is -0.136. The molecule has 1 aromatic rings. The van der Waals surface area contributed by atoms with Gasteiger partial charge in [0.2, 0.25) is 0 Å². The van der Waals surface area contributed by atoms with Gasteiger partial charge in [-0.05, 0) is 24.1 Å². The van der Waals surface area contributed by atoms with Crippen LogP contribution in [0.25, 0.3) is 0 Å². The standard InChI is InChI=1S/C12H13ClO3S/c13-10-5-8(2-4-12(14)15)1-3-11(10)16-9-6-17-7-9/h1,3,5,9H,2,4,6-7H2,(H,14,15). The molecule has 92 valence electrons. The number of thioether (sulfide) groups is 1. The highest BCUT2D eigenvalue weighted by Gasteiger charge is 2.20. The molecule has 1 heterocycles. The Bertz CT molecular complexity index is 418. The molecule has 0 aliphatic carbocycles. The van der Waals surface area contributed by atoms with Crippen LogP contribution < -0.4 is 4.74 Å². The third-order valence-corrected chi connectivity index (χ3v) is 4.04. The number of carbonyl (C=O) groups is 1. The SMILES string of the molecule is O=C(O)CCc1ccc(OC2CSC2)c(Cl)c1. The van der Waals surface area contributed by atoms with Gasteiger partial charge in [0.1, 0.15) is 11.9 Å². The monoisotopic (exact) mass is 272 g/mol. The highest BCUT2D eigenvalue weighted by atomic mass is 35.5. The Morgan fingerprint density at radius 1 is 1.53 bits per heavy atom. The normalized spacial score (nSPS) is 15.4. The summed E-state index contributed by atoms with van der Waals surface area (Å²) in [4.78, 5) is 10.5. The first kappa shape index (κ1) is 12.6. The Morgan fingerprint density at radius 2 is 2.29 bits per heavy atom. The van der Waals surface area contributed by atoms with Crippen molar-refractivity contribution in [2.24, 2.45) is 0 Å². The maximum absolute atomic E-state index is 10.5. The molecule has 5 heteroatoms. The number of rotatable bonds is 5. The Balaban J connectivity index is 1.97. The van der Waals surface area contributed by atoms with Crippen LogP contribution in [-0.2, 0) is 11.2 Å². The van der Waals surface area contributed by atoms with Gasteiger partial charge >= 0.3 is 5.97 Å². The first-order chi connectivity index (χ1) is 8.15. The summed E-state index contributed by atoms with van der Waals surface area (Å²) < 4.78 is 5.69. The van der Waals surface area contributed by atoms with Gasteiger partial charge in [-0.3, -0.25) is 4.79 Å². The summed E-state index contributed by atoms with van der Waals surface area (Å²) in [5.74, 6) is 1.91. The topological polar surface area (TPSA) is 46.5 Å². The Hall–Kier alpha value is -0.870. The second kappa shape index (κ2) is 5.65. The van der Waals surface area contributed by atoms with Gasteiger partial charge in [0.15, 0.2) is 0 Å². The molecular weight excluding hydrogens is 260 g/mol. The maximum atomic E-state index is 10.5. The average Bonchev–Trinajstić information content (AvgIpc) is 2.22. The maximum Gasteiger partial charge on any atom is 0.303 e. The summed E-state index contributed by atoms with van der Waals surface area (Å²) in [5, 5.41) is 9.16. The molecule has 1 aromatic carbocycles. The molecule has 0 amide bonds. The van der Waals surface area contributed by atoms with E-state index in [1.54, 1.807) is 6.07 Å². The highest BCUT2D eigenvalue weighted by Crippen LogP contribution is 2.30. The number of aliphatic carboxylic acids is 1. The fraction of sp³-hybridized carbons (Fsp3) is 0.417. The van der Waals surface area contributed by atoms with Gasteiger partial charge < -0.3 is 9.84 Å². The largest absolute Gasteiger partial charge is 0.487 e. The van der Waals surface area contributed by atoms with Crippen LogP contribution in [0.15, 0.2) is 18.2 Å². The van der Waals surface area contributed by atoms with Crippen molar-refractivity contribution in [3.63, 3.8) is 0 Å². The molecular formula is C12H13ClO3S. The molecule has 1 N–H and O–H groups in total. The number of carboxylic acids is 1. The summed E-state index contributed by atoms with van der Waals surface area (Å²) in [6, 6.07) is 5.48. The van der Waals surface area contributed by atoms with E-state index in [0.29, 0.717) is 17.2 Å². The van der Waals surface area contributed by atoms with Gasteiger partial charge in [-0.2, -0.15) is 11.8 Å². The van der Waals surface area contributed by atoms with E-state index in [1.165, 1.54) is 0 Å². The smallest absolute Gasteiger partial charge is 0.303 e. The zero-order valence-electron chi connectivity index (χ0n) is 9.19. The van der Waals surface area contributed by atoms with Crippen LogP contribution in [0.3, 0.4) is 0 Å². The van der Waals surface area contributed by atoms with Crippen molar-refractivity contribution >= 4 is 29.3 Å². The Labute approximate surface area is 109 Å². The lowest BCUT2D eigenvalue weighted by atomic mass is 10.1. The van der Waals surface area contributed by atoms with Gasteiger partial charge in [0, 0.05) is 17.9 Å². The Kier molecular flexibility index (Phi) is 4.18. The average molecular weight is 273 g/mol. The van der Waals surface area contributed by atoms with Crippen molar-refractivity contribution in [3.05, 3.63) is 28.8 Å². The first-order valence-corrected chi connectivity index (χ1v) is 6.93. The van der Waals surface area contributed by atoms with Gasteiger partial charge in [0.25, 0.3) is 0 Å². The second-order valence-corrected chi connectivity index (χ2v) is 5.42. The van der Waals surface area contributed by atoms with Gasteiger partial charge in [-0.15, -0.1) is 0 Å². The molecule has 0 saturated carbocycles. The summed E-state index contributed by atoms with van der Waals surface area (Å²) in [6.07, 6.45) is 0.882. The Morgan fingerprint density at radius 3 is 2.82 bits per heavy atom. The molecule has 3 nitrogen and oxygen atoms in total. The zero-order chi connectivity index (χ0) is 12.3. The van der Waals surface area contributed by atoms with E-state index < -0.39 is 5.97 Å². The highest BCUT2D eigenvalue weighted by molar-refractivity contribution is 8.00.